The van der Waals surface area contributed by atoms with Crippen molar-refractivity contribution in [2.75, 3.05) is 11.1 Å². The molecule has 0 bridgehead atoms. The van der Waals surface area contributed by atoms with E-state index in [2.05, 4.69) is 38.7 Å². The molecule has 1 N–H and O–H groups in total. The van der Waals surface area contributed by atoms with Gasteiger partial charge in [-0.2, -0.15) is 0 Å². The molecule has 0 atom stereocenters. The zero-order chi connectivity index (χ0) is 22.5. The maximum Gasteiger partial charge on any atom is 0.236 e. The first-order valence-corrected chi connectivity index (χ1v) is 14.3. The number of nitrogens with one attached hydrogen (secondary N) is 1. The largest absolute Gasteiger partial charge is 0.301 e. The Balaban J connectivity index is 1.29. The van der Waals surface area contributed by atoms with Crippen LogP contribution in [0.15, 0.2) is 5.16 Å². The quantitative estimate of drug-likeness (QED) is 0.371. The molecule has 0 aromatic carbocycles. The number of aromatic nitrogens is 5. The summed E-state index contributed by atoms with van der Waals surface area (Å²) < 4.78 is 2.08. The lowest BCUT2D eigenvalue weighted by Gasteiger charge is -2.12. The molecule has 4 aromatic rings. The van der Waals surface area contributed by atoms with Crippen LogP contribution in [-0.2, 0) is 30.5 Å². The highest BCUT2D eigenvalue weighted by molar-refractivity contribution is 7.99. The molecule has 0 spiro atoms. The summed E-state index contributed by atoms with van der Waals surface area (Å²) in [6, 6.07) is 0. The van der Waals surface area contributed by atoms with E-state index in [4.69, 9.17) is 4.98 Å². The fraction of sp³-hybridized carbons (Fsp3) is 0.522. The molecule has 33 heavy (non-hydrogen) atoms. The first kappa shape index (κ1) is 21.5. The van der Waals surface area contributed by atoms with E-state index in [9.17, 15) is 4.79 Å². The number of hydrogen-bond donors (Lipinski definition) is 1. The highest BCUT2D eigenvalue weighted by Crippen LogP contribution is 2.39. The van der Waals surface area contributed by atoms with Crippen LogP contribution in [0.4, 0.5) is 5.13 Å². The van der Waals surface area contributed by atoms with Crippen molar-refractivity contribution in [3.05, 3.63) is 26.8 Å². The average molecular weight is 499 g/mol. The van der Waals surface area contributed by atoms with Crippen molar-refractivity contribution in [1.29, 1.82) is 0 Å². The van der Waals surface area contributed by atoms with Gasteiger partial charge in [-0.3, -0.25) is 9.20 Å². The third-order valence-electron chi connectivity index (χ3n) is 6.40. The van der Waals surface area contributed by atoms with Crippen LogP contribution in [-0.4, -0.2) is 36.2 Å². The summed E-state index contributed by atoms with van der Waals surface area (Å²) >= 11 is 4.85. The van der Waals surface area contributed by atoms with E-state index in [1.54, 1.807) is 11.3 Å². The van der Waals surface area contributed by atoms with Crippen molar-refractivity contribution in [1.82, 2.24) is 24.6 Å². The van der Waals surface area contributed by atoms with Gasteiger partial charge in [-0.05, 0) is 56.9 Å². The third kappa shape index (κ3) is 3.85. The molecule has 0 aliphatic heterocycles. The Morgan fingerprint density at radius 1 is 1.03 bits per heavy atom. The monoisotopic (exact) mass is 498 g/mol. The molecule has 0 unspecified atom stereocenters. The molecular formula is C23H26N6OS3. The summed E-state index contributed by atoms with van der Waals surface area (Å²) in [6.07, 6.45) is 9.19. The van der Waals surface area contributed by atoms with Gasteiger partial charge >= 0.3 is 0 Å². The summed E-state index contributed by atoms with van der Waals surface area (Å²) in [5, 5.41) is 14.7. The minimum Gasteiger partial charge on any atom is -0.301 e. The minimum atomic E-state index is -0.0594. The summed E-state index contributed by atoms with van der Waals surface area (Å²) in [5.74, 6) is 1.39. The van der Waals surface area contributed by atoms with Crippen LogP contribution < -0.4 is 5.32 Å². The number of rotatable bonds is 5. The molecule has 1 amide bonds. The van der Waals surface area contributed by atoms with E-state index in [-0.39, 0.29) is 17.6 Å². The fourth-order valence-corrected chi connectivity index (χ4v) is 7.89. The van der Waals surface area contributed by atoms with Crippen molar-refractivity contribution >= 4 is 61.3 Å². The molecule has 0 fully saturated rings. The second-order valence-electron chi connectivity index (χ2n) is 9.09. The van der Waals surface area contributed by atoms with E-state index in [0.717, 1.165) is 63.4 Å². The van der Waals surface area contributed by atoms with E-state index in [1.807, 2.05) is 11.3 Å². The van der Waals surface area contributed by atoms with E-state index < -0.39 is 0 Å². The summed E-state index contributed by atoms with van der Waals surface area (Å²) in [4.78, 5) is 26.2. The Bertz CT molecular complexity index is 1340. The van der Waals surface area contributed by atoms with Crippen LogP contribution >= 0.6 is 34.4 Å². The number of thiophene rings is 1. The van der Waals surface area contributed by atoms with Crippen molar-refractivity contribution in [2.45, 2.75) is 76.3 Å². The zero-order valence-corrected chi connectivity index (χ0v) is 21.3. The van der Waals surface area contributed by atoms with Gasteiger partial charge in [0.25, 0.3) is 0 Å². The molecule has 172 valence electrons. The molecule has 4 heterocycles. The van der Waals surface area contributed by atoms with E-state index in [1.165, 1.54) is 52.8 Å². The Morgan fingerprint density at radius 2 is 1.82 bits per heavy atom. The predicted octanol–water partition coefficient (Wildman–Crippen LogP) is 5.41. The fourth-order valence-electron chi connectivity index (χ4n) is 4.82. The lowest BCUT2D eigenvalue weighted by atomic mass is 9.97. The first-order chi connectivity index (χ1) is 16.1. The van der Waals surface area contributed by atoms with Gasteiger partial charge in [0.05, 0.1) is 16.8 Å². The lowest BCUT2D eigenvalue weighted by Crippen LogP contribution is -2.14. The Morgan fingerprint density at radius 3 is 2.64 bits per heavy atom. The van der Waals surface area contributed by atoms with Gasteiger partial charge in [-0.1, -0.05) is 25.6 Å². The average Bonchev–Trinajstić information content (AvgIpc) is 3.50. The molecule has 0 radical (unpaired) electrons. The van der Waals surface area contributed by atoms with Crippen LogP contribution in [0.2, 0.25) is 0 Å². The molecule has 0 saturated heterocycles. The smallest absolute Gasteiger partial charge is 0.236 e. The second kappa shape index (κ2) is 8.63. The van der Waals surface area contributed by atoms with Gasteiger partial charge in [-0.25, -0.2) is 9.97 Å². The standard InChI is InChI=1S/C23H26N6OS3/c1-12(2)19-26-21-18(13-7-3-5-9-15(13)32-21)20-27-28-23(29(19)20)31-11-17(30)25-22-24-14-8-4-6-10-16(14)33-22/h12H,3-11H2,1-2H3,(H,24,25,30). The zero-order valence-electron chi connectivity index (χ0n) is 18.8. The molecular weight excluding hydrogens is 472 g/mol. The number of thiazole rings is 1. The second-order valence-corrected chi connectivity index (χ2v) is 12.2. The number of fused-ring (bicyclic) bond motifs is 6. The van der Waals surface area contributed by atoms with Gasteiger partial charge in [0.1, 0.15) is 10.7 Å². The maximum absolute atomic E-state index is 12.7. The van der Waals surface area contributed by atoms with E-state index in [0.29, 0.717) is 0 Å². The molecule has 2 aliphatic carbocycles. The molecule has 10 heteroatoms. The number of carbonyl (C=O) groups is 1. The van der Waals surface area contributed by atoms with Crippen LogP contribution in [0.1, 0.15) is 72.3 Å². The number of carbonyl (C=O) groups excluding carboxylic acids is 1. The van der Waals surface area contributed by atoms with Crippen molar-refractivity contribution in [3.63, 3.8) is 0 Å². The van der Waals surface area contributed by atoms with Crippen molar-refractivity contribution < 1.29 is 4.79 Å². The minimum absolute atomic E-state index is 0.0594. The van der Waals surface area contributed by atoms with Gasteiger partial charge in [0, 0.05) is 15.7 Å². The number of anilines is 1. The number of aryl methyl sites for hydroxylation is 4. The number of hydrogen-bond acceptors (Lipinski definition) is 8. The summed E-state index contributed by atoms with van der Waals surface area (Å²) in [5.41, 5.74) is 3.45. The van der Waals surface area contributed by atoms with E-state index >= 15 is 0 Å². The summed E-state index contributed by atoms with van der Waals surface area (Å²) in [7, 11) is 0. The van der Waals surface area contributed by atoms with Crippen LogP contribution in [0.3, 0.4) is 0 Å². The lowest BCUT2D eigenvalue weighted by molar-refractivity contribution is -0.113. The Kier molecular flexibility index (Phi) is 5.62. The molecule has 0 saturated carbocycles. The number of thioether (sulfide) groups is 1. The highest BCUT2D eigenvalue weighted by Gasteiger charge is 2.25. The van der Waals surface area contributed by atoms with Crippen LogP contribution in [0, 0.1) is 0 Å². The van der Waals surface area contributed by atoms with Crippen molar-refractivity contribution in [2.24, 2.45) is 0 Å². The molecule has 7 nitrogen and oxygen atoms in total. The highest BCUT2D eigenvalue weighted by atomic mass is 32.2. The van der Waals surface area contributed by atoms with Gasteiger partial charge in [0.15, 0.2) is 15.9 Å². The van der Waals surface area contributed by atoms with Crippen molar-refractivity contribution in [3.8, 4) is 0 Å². The molecule has 2 aliphatic rings. The van der Waals surface area contributed by atoms with Gasteiger partial charge in [-0.15, -0.1) is 32.9 Å². The summed E-state index contributed by atoms with van der Waals surface area (Å²) in [6.45, 7) is 4.29. The molecule has 6 rings (SSSR count). The van der Waals surface area contributed by atoms with Crippen LogP contribution in [0.5, 0.6) is 0 Å². The number of amides is 1. The predicted molar refractivity (Wildman–Crippen MR) is 135 cm³/mol. The maximum atomic E-state index is 12.7. The van der Waals surface area contributed by atoms with Gasteiger partial charge in [0.2, 0.25) is 5.91 Å². The Labute approximate surface area is 204 Å². The Hall–Kier alpha value is -2.04. The van der Waals surface area contributed by atoms with Crippen LogP contribution in [0.25, 0.3) is 15.9 Å². The topological polar surface area (TPSA) is 85.1 Å². The SMILES string of the molecule is CC(C)c1nc2sc3c(c2c2nnc(SCC(=O)Nc4nc5c(s4)CCCC5)n12)CCCC3. The molecule has 4 aromatic heterocycles. The number of nitrogens with zero attached hydrogens (tertiary/aromatic N) is 5. The first-order valence-electron chi connectivity index (χ1n) is 11.7. The normalized spacial score (nSPS) is 15.8. The third-order valence-corrected chi connectivity index (χ3v) is 9.58. The van der Waals surface area contributed by atoms with Gasteiger partial charge < -0.3 is 5.32 Å².